The maximum Gasteiger partial charge on any atom is 0.227 e. The molecule has 0 amide bonds. The van der Waals surface area contributed by atoms with Gasteiger partial charge in [0.1, 0.15) is 0 Å². The van der Waals surface area contributed by atoms with Crippen molar-refractivity contribution in [3.63, 3.8) is 0 Å². The summed E-state index contributed by atoms with van der Waals surface area (Å²) in [5.41, 5.74) is 8.81. The first-order chi connectivity index (χ1) is 23.0. The number of hydrogen-bond acceptors (Lipinski definition) is 1. The third-order valence-corrected chi connectivity index (χ3v) is 10.2. The van der Waals surface area contributed by atoms with Crippen LogP contribution in [-0.4, -0.2) is 16.2 Å². The van der Waals surface area contributed by atoms with Gasteiger partial charge in [-0.15, -0.1) is 0 Å². The Morgan fingerprint density at radius 2 is 1.17 bits per heavy atom. The Hall–Kier alpha value is -5.80. The van der Waals surface area contributed by atoms with Crippen LogP contribution in [0.2, 0.25) is 0 Å². The van der Waals surface area contributed by atoms with Gasteiger partial charge in [0.2, 0.25) is 5.96 Å². The number of benzene rings is 7. The fourth-order valence-electron chi connectivity index (χ4n) is 7.98. The van der Waals surface area contributed by atoms with Crippen LogP contribution in [0.4, 0.5) is 0 Å². The van der Waals surface area contributed by atoms with Crippen LogP contribution in [-0.2, 0) is 5.41 Å². The van der Waals surface area contributed by atoms with Crippen LogP contribution in [0.1, 0.15) is 37.5 Å². The molecule has 3 nitrogen and oxygen atoms in total. The molecule has 0 atom stereocenters. The van der Waals surface area contributed by atoms with Crippen molar-refractivity contribution in [3.05, 3.63) is 156 Å². The van der Waals surface area contributed by atoms with Crippen LogP contribution in [0.25, 0.3) is 65.3 Å². The molecule has 3 heteroatoms. The van der Waals surface area contributed by atoms with Crippen LogP contribution in [0.3, 0.4) is 0 Å². The number of hydrogen-bond donors (Lipinski definition) is 1. The fourth-order valence-corrected chi connectivity index (χ4v) is 7.98. The van der Waals surface area contributed by atoms with Crippen LogP contribution in [0.5, 0.6) is 0 Å². The number of aromatic nitrogens is 1. The van der Waals surface area contributed by atoms with Gasteiger partial charge in [-0.3, -0.25) is 9.98 Å². The highest BCUT2D eigenvalue weighted by Gasteiger charge is 2.36. The number of rotatable bonds is 2. The maximum atomic E-state index is 9.54. The molecule has 0 saturated heterocycles. The predicted octanol–water partition coefficient (Wildman–Crippen LogP) is 11.4. The van der Waals surface area contributed by atoms with Crippen molar-refractivity contribution in [2.45, 2.75) is 26.2 Å². The van der Waals surface area contributed by atoms with E-state index in [0.29, 0.717) is 0 Å². The number of allylic oxidation sites excluding steroid dienone is 2. The highest BCUT2D eigenvalue weighted by molar-refractivity contribution is 6.27. The molecule has 1 heterocycles. The summed E-state index contributed by atoms with van der Waals surface area (Å²) in [4.78, 5) is 5.07. The number of fused-ring (bicyclic) bond motifs is 12. The minimum absolute atomic E-state index is 0.138. The molecule has 9 rings (SSSR count). The number of aliphatic imine (C=N–C) groups is 1. The molecule has 0 aliphatic heterocycles. The summed E-state index contributed by atoms with van der Waals surface area (Å²) in [5, 5.41) is 19.2. The lowest BCUT2D eigenvalue weighted by atomic mass is 9.82. The molecular formula is C44H33N3. The van der Waals surface area contributed by atoms with E-state index < -0.39 is 0 Å². The first-order valence-electron chi connectivity index (χ1n) is 16.3. The normalized spacial score (nSPS) is 14.1. The monoisotopic (exact) mass is 603 g/mol. The highest BCUT2D eigenvalue weighted by atomic mass is 15.1. The van der Waals surface area contributed by atoms with E-state index in [1.54, 1.807) is 0 Å². The lowest BCUT2D eigenvalue weighted by molar-refractivity contribution is 0.661. The van der Waals surface area contributed by atoms with E-state index in [2.05, 4.69) is 135 Å². The van der Waals surface area contributed by atoms with Crippen molar-refractivity contribution in [1.82, 2.24) is 4.57 Å². The molecule has 7 aromatic carbocycles. The van der Waals surface area contributed by atoms with Crippen molar-refractivity contribution in [2.24, 2.45) is 4.99 Å². The average molecular weight is 604 g/mol. The molecule has 0 radical (unpaired) electrons. The van der Waals surface area contributed by atoms with E-state index in [1.807, 2.05) is 29.7 Å². The van der Waals surface area contributed by atoms with E-state index >= 15 is 0 Å². The van der Waals surface area contributed by atoms with Gasteiger partial charge in [0.05, 0.1) is 16.7 Å². The van der Waals surface area contributed by atoms with Crippen molar-refractivity contribution in [3.8, 4) is 11.1 Å². The van der Waals surface area contributed by atoms with Crippen LogP contribution >= 0.6 is 0 Å². The molecule has 47 heavy (non-hydrogen) atoms. The summed E-state index contributed by atoms with van der Waals surface area (Å²) in [7, 11) is 0. The van der Waals surface area contributed by atoms with E-state index in [4.69, 9.17) is 4.99 Å². The molecule has 0 bridgehead atoms. The second-order valence-electron chi connectivity index (χ2n) is 13.1. The van der Waals surface area contributed by atoms with E-state index in [1.165, 1.54) is 54.6 Å². The zero-order valence-corrected chi connectivity index (χ0v) is 26.7. The molecule has 8 aromatic rings. The molecule has 1 aliphatic rings. The summed E-state index contributed by atoms with van der Waals surface area (Å²) >= 11 is 0. The quantitative estimate of drug-likeness (QED) is 0.116. The summed E-state index contributed by atoms with van der Waals surface area (Å²) in [6.07, 6.45) is 4.03. The topological polar surface area (TPSA) is 41.1 Å². The second kappa shape index (κ2) is 10.1. The van der Waals surface area contributed by atoms with E-state index in [-0.39, 0.29) is 11.4 Å². The minimum Gasteiger partial charge on any atom is -0.278 e. The van der Waals surface area contributed by atoms with Gasteiger partial charge in [0.25, 0.3) is 0 Å². The van der Waals surface area contributed by atoms with Gasteiger partial charge in [-0.1, -0.05) is 123 Å². The Balaban J connectivity index is 1.25. The van der Waals surface area contributed by atoms with Gasteiger partial charge in [-0.05, 0) is 91.8 Å². The van der Waals surface area contributed by atoms with Crippen molar-refractivity contribution < 1.29 is 0 Å². The zero-order valence-electron chi connectivity index (χ0n) is 26.7. The lowest BCUT2D eigenvalue weighted by Crippen LogP contribution is -2.15. The Kier molecular flexibility index (Phi) is 5.91. The Labute approximate surface area is 273 Å². The first-order valence-corrected chi connectivity index (χ1v) is 16.3. The van der Waals surface area contributed by atoms with Gasteiger partial charge in [0.15, 0.2) is 0 Å². The largest absolute Gasteiger partial charge is 0.278 e. The number of para-hydroxylation sites is 1. The predicted molar refractivity (Wildman–Crippen MR) is 200 cm³/mol. The zero-order chi connectivity index (χ0) is 31.9. The Morgan fingerprint density at radius 3 is 1.87 bits per heavy atom. The maximum absolute atomic E-state index is 9.54. The van der Waals surface area contributed by atoms with Crippen molar-refractivity contribution >= 4 is 65.8 Å². The highest BCUT2D eigenvalue weighted by Crippen LogP contribution is 2.50. The molecular weight excluding hydrogens is 571 g/mol. The van der Waals surface area contributed by atoms with Gasteiger partial charge < -0.3 is 0 Å². The second-order valence-corrected chi connectivity index (χ2v) is 13.1. The van der Waals surface area contributed by atoms with Gasteiger partial charge >= 0.3 is 0 Å². The molecule has 0 saturated carbocycles. The lowest BCUT2D eigenvalue weighted by Gasteiger charge is -2.21. The van der Waals surface area contributed by atoms with Gasteiger partial charge in [-0.25, -0.2) is 4.99 Å². The van der Waals surface area contributed by atoms with E-state index in [0.717, 1.165) is 33.1 Å². The molecule has 1 aromatic heterocycles. The molecule has 1 aliphatic carbocycles. The molecule has 224 valence electrons. The van der Waals surface area contributed by atoms with Gasteiger partial charge in [-0.2, -0.15) is 0 Å². The molecule has 0 fully saturated rings. The summed E-state index contributed by atoms with van der Waals surface area (Å²) in [5.74, 6) is 0.195. The average Bonchev–Trinajstić information content (AvgIpc) is 3.55. The molecule has 0 spiro atoms. The van der Waals surface area contributed by atoms with Crippen LogP contribution < -0.4 is 0 Å². The molecule has 1 N–H and O–H groups in total. The van der Waals surface area contributed by atoms with Crippen molar-refractivity contribution in [2.75, 3.05) is 0 Å². The smallest absolute Gasteiger partial charge is 0.227 e. The molecule has 0 unspecified atom stereocenters. The number of nitrogens with one attached hydrogen (secondary N) is 1. The third kappa shape index (κ3) is 3.93. The van der Waals surface area contributed by atoms with E-state index in [9.17, 15) is 5.41 Å². The fraction of sp³-hybridized carbons (Fsp3) is 0.0909. The van der Waals surface area contributed by atoms with Crippen molar-refractivity contribution in [1.29, 1.82) is 5.41 Å². The minimum atomic E-state index is -0.138. The van der Waals surface area contributed by atoms with Crippen LogP contribution in [0.15, 0.2) is 145 Å². The SMILES string of the molecule is C/C=C\C(=N/C(=N)n1c2ccccc2c2cc3c(cc21)C(C)(C)c1ccccc1-3)c1ccc2c3ccccc3c3ccccc3c2c1. The summed E-state index contributed by atoms with van der Waals surface area (Å²) in [6.45, 7) is 6.61. The third-order valence-electron chi connectivity index (χ3n) is 10.2. The van der Waals surface area contributed by atoms with Gasteiger partial charge in [0, 0.05) is 21.8 Å². The number of nitrogens with zero attached hydrogens (tertiary/aromatic N) is 2. The first kappa shape index (κ1) is 27.5. The summed E-state index contributed by atoms with van der Waals surface area (Å²) in [6, 6.07) is 45.7. The van der Waals surface area contributed by atoms with Crippen LogP contribution in [0, 0.1) is 5.41 Å². The summed E-state index contributed by atoms with van der Waals surface area (Å²) < 4.78 is 2.03. The Bertz CT molecular complexity index is 2650. The Morgan fingerprint density at radius 1 is 0.574 bits per heavy atom. The standard InChI is InChI=1S/C44H33N3/c1-4-13-40(27-22-23-32-30-16-6-5-14-28(30)29-15-7-8-17-31(29)35(32)24-27)46-43(45)47-41-21-12-10-19-34(41)37-25-36-33-18-9-11-20-38(33)44(2,3)39(36)26-42(37)47/h4-26,45H,1-3H3/b13-4-,45-43?,46-40+.